The van der Waals surface area contributed by atoms with Crippen LogP contribution in [0.1, 0.15) is 41.5 Å². The largest absolute Gasteiger partial charge is 0.508 e. The molecule has 0 radical (unpaired) electrons. The topological polar surface area (TPSA) is 68.2 Å². The van der Waals surface area contributed by atoms with E-state index in [1.807, 2.05) is 12.1 Å². The zero-order chi connectivity index (χ0) is 31.9. The van der Waals surface area contributed by atoms with Crippen LogP contribution >= 0.6 is 0 Å². The number of phenols is 2. The van der Waals surface area contributed by atoms with Crippen molar-refractivity contribution in [3.8, 4) is 46.0 Å². The molecule has 0 bridgehead atoms. The van der Waals surface area contributed by atoms with E-state index in [1.54, 1.807) is 48.5 Å². The molecule has 7 aromatic rings. The summed E-state index contributed by atoms with van der Waals surface area (Å²) >= 11 is 0. The maximum atomic E-state index is 9.67. The highest BCUT2D eigenvalue weighted by atomic mass is 16.5. The first-order valence-electron chi connectivity index (χ1n) is 15.9. The predicted molar refractivity (Wildman–Crippen MR) is 186 cm³/mol. The second-order valence-corrected chi connectivity index (χ2v) is 11.9. The highest BCUT2D eigenvalue weighted by Gasteiger charge is 2.32. The lowest BCUT2D eigenvalue weighted by molar-refractivity contribution is 0.455. The number of phenolic OH excluding ortho intramolecular Hbond substituents is 2. The number of rotatable bonds is 7. The average Bonchev–Trinajstić information content (AvgIpc) is 3.09. The number of fused-ring (bicyclic) bond motifs is 6. The van der Waals surface area contributed by atoms with Crippen LogP contribution in [-0.4, -0.2) is 10.2 Å². The maximum absolute atomic E-state index is 9.67. The van der Waals surface area contributed by atoms with E-state index in [1.165, 1.54) is 11.1 Å². The van der Waals surface area contributed by atoms with E-state index in [9.17, 15) is 10.2 Å². The Hall–Kier alpha value is -5.94. The summed E-state index contributed by atoms with van der Waals surface area (Å²) in [4.78, 5) is 0. The lowest BCUT2D eigenvalue weighted by atomic mass is 9.78. The van der Waals surface area contributed by atoms with E-state index in [0.29, 0.717) is 23.0 Å². The van der Waals surface area contributed by atoms with Gasteiger partial charge in [-0.25, -0.2) is 0 Å². The zero-order valence-electron chi connectivity index (χ0n) is 25.8. The summed E-state index contributed by atoms with van der Waals surface area (Å²) in [7, 11) is 0. The van der Waals surface area contributed by atoms with Crippen LogP contribution in [-0.2, 0) is 6.42 Å². The molecule has 1 aliphatic rings. The number of benzene rings is 7. The smallest absolute Gasteiger partial charge is 0.132 e. The molecule has 47 heavy (non-hydrogen) atoms. The van der Waals surface area contributed by atoms with Gasteiger partial charge in [-0.1, -0.05) is 61.9 Å². The molecule has 230 valence electrons. The van der Waals surface area contributed by atoms with Gasteiger partial charge in [0.25, 0.3) is 0 Å². The Kier molecular flexibility index (Phi) is 7.14. The summed E-state index contributed by atoms with van der Waals surface area (Å²) in [6.45, 7) is 2.20. The minimum atomic E-state index is -0.0791. The Morgan fingerprint density at radius 1 is 0.532 bits per heavy atom. The molecule has 5 nitrogen and oxygen atoms in total. The molecule has 2 N–H and O–H groups in total. The molecule has 0 aromatic heterocycles. The van der Waals surface area contributed by atoms with Gasteiger partial charge >= 0.3 is 0 Å². The van der Waals surface area contributed by atoms with Crippen molar-refractivity contribution in [3.05, 3.63) is 156 Å². The van der Waals surface area contributed by atoms with Gasteiger partial charge in [0.15, 0.2) is 0 Å². The molecule has 0 saturated carbocycles. The third-order valence-corrected chi connectivity index (χ3v) is 8.78. The summed E-state index contributed by atoms with van der Waals surface area (Å²) in [6, 6.07) is 43.1. The van der Waals surface area contributed by atoms with Crippen molar-refractivity contribution < 1.29 is 24.4 Å². The molecule has 7 aromatic carbocycles. The van der Waals surface area contributed by atoms with Crippen LogP contribution in [0.4, 0.5) is 0 Å². The van der Waals surface area contributed by atoms with E-state index in [0.717, 1.165) is 57.0 Å². The lowest BCUT2D eigenvalue weighted by Crippen LogP contribution is -2.13. The van der Waals surface area contributed by atoms with Crippen LogP contribution in [0, 0.1) is 0 Å². The van der Waals surface area contributed by atoms with Gasteiger partial charge in [0.1, 0.15) is 46.0 Å². The summed E-state index contributed by atoms with van der Waals surface area (Å²) < 4.78 is 19.0. The normalized spacial score (nSPS) is 12.4. The van der Waals surface area contributed by atoms with E-state index in [4.69, 9.17) is 14.2 Å². The molecule has 0 atom stereocenters. The fourth-order valence-electron chi connectivity index (χ4n) is 6.59. The van der Waals surface area contributed by atoms with Crippen molar-refractivity contribution in [2.45, 2.75) is 25.7 Å². The molecule has 0 aliphatic carbocycles. The second kappa shape index (κ2) is 11.8. The molecule has 0 amide bonds. The Morgan fingerprint density at radius 2 is 1.00 bits per heavy atom. The van der Waals surface area contributed by atoms with Gasteiger partial charge in [0.05, 0.1) is 0 Å². The fraction of sp³-hybridized carbons (Fsp3) is 0.0952. The highest BCUT2D eigenvalue weighted by Crippen LogP contribution is 2.52. The van der Waals surface area contributed by atoms with Gasteiger partial charge in [-0.3, -0.25) is 0 Å². The number of hydrogen-bond donors (Lipinski definition) is 2. The third-order valence-electron chi connectivity index (χ3n) is 8.78. The molecular formula is C42H32O5. The van der Waals surface area contributed by atoms with Gasteiger partial charge in [-0.05, 0) is 124 Å². The third kappa shape index (κ3) is 5.46. The van der Waals surface area contributed by atoms with E-state index in [-0.39, 0.29) is 17.4 Å². The zero-order valence-corrected chi connectivity index (χ0v) is 25.8. The van der Waals surface area contributed by atoms with Crippen molar-refractivity contribution in [1.82, 2.24) is 0 Å². The molecule has 0 fully saturated rings. The summed E-state index contributed by atoms with van der Waals surface area (Å²) in [6.07, 6.45) is 2.14. The van der Waals surface area contributed by atoms with Crippen LogP contribution in [0.2, 0.25) is 0 Å². The molecule has 0 unspecified atom stereocenters. The van der Waals surface area contributed by atoms with Gasteiger partial charge in [0.2, 0.25) is 0 Å². The summed E-state index contributed by atoms with van der Waals surface area (Å²) in [5.74, 6) is 4.74. The second-order valence-electron chi connectivity index (χ2n) is 11.9. The Bertz CT molecular complexity index is 2100. The van der Waals surface area contributed by atoms with Crippen LogP contribution in [0.3, 0.4) is 0 Å². The van der Waals surface area contributed by atoms with E-state index >= 15 is 0 Å². The molecule has 1 heterocycles. The van der Waals surface area contributed by atoms with Crippen molar-refractivity contribution in [3.63, 3.8) is 0 Å². The van der Waals surface area contributed by atoms with Gasteiger partial charge in [-0.2, -0.15) is 0 Å². The van der Waals surface area contributed by atoms with Crippen molar-refractivity contribution >= 4 is 21.5 Å². The number of aromatic hydroxyl groups is 2. The first-order chi connectivity index (χ1) is 23.0. The molecule has 0 spiro atoms. The molecule has 8 rings (SSSR count). The first-order valence-corrected chi connectivity index (χ1v) is 15.9. The number of hydrogen-bond acceptors (Lipinski definition) is 5. The van der Waals surface area contributed by atoms with Gasteiger partial charge in [-0.15, -0.1) is 0 Å². The Balaban J connectivity index is 1.26. The number of aryl methyl sites for hydroxylation is 1. The van der Waals surface area contributed by atoms with Gasteiger partial charge < -0.3 is 24.4 Å². The monoisotopic (exact) mass is 616 g/mol. The molecule has 0 saturated heterocycles. The maximum Gasteiger partial charge on any atom is 0.132 e. The highest BCUT2D eigenvalue weighted by molar-refractivity contribution is 5.96. The first kappa shape index (κ1) is 28.5. The Morgan fingerprint density at radius 3 is 1.47 bits per heavy atom. The van der Waals surface area contributed by atoms with Gasteiger partial charge in [0, 0.05) is 17.0 Å². The van der Waals surface area contributed by atoms with Crippen LogP contribution in [0.15, 0.2) is 133 Å². The lowest BCUT2D eigenvalue weighted by Gasteiger charge is -2.31. The standard InChI is InChI=1S/C42H32O5/c1-2-3-26-4-6-27(7-5-26)40-41-36-20-18-34(45-32-14-10-30(43)11-15-32)24-28(36)8-22-38(41)47-39-23-9-29-25-35(19-21-37(29)42(39)40)46-33-16-12-31(44)13-17-33/h4-25,40,43-44H,2-3H2,1H3. The van der Waals surface area contributed by atoms with Crippen molar-refractivity contribution in [1.29, 1.82) is 0 Å². The SMILES string of the molecule is CCCc1ccc(C2c3c(ccc4cc(Oc5ccc(O)cc5)ccc34)Oc3ccc4cc(Oc5ccc(O)cc5)ccc4c32)cc1. The van der Waals surface area contributed by atoms with E-state index in [2.05, 4.69) is 79.7 Å². The van der Waals surface area contributed by atoms with Crippen LogP contribution < -0.4 is 14.2 Å². The fourth-order valence-corrected chi connectivity index (χ4v) is 6.59. The quantitative estimate of drug-likeness (QED) is 0.186. The predicted octanol–water partition coefficient (Wildman–Crippen LogP) is 11.2. The average molecular weight is 617 g/mol. The molecule has 1 aliphatic heterocycles. The Labute approximate surface area is 272 Å². The van der Waals surface area contributed by atoms with E-state index < -0.39 is 0 Å². The van der Waals surface area contributed by atoms with Crippen molar-refractivity contribution in [2.24, 2.45) is 0 Å². The molecule has 5 heteroatoms. The van der Waals surface area contributed by atoms with Crippen molar-refractivity contribution in [2.75, 3.05) is 0 Å². The minimum absolute atomic E-state index is 0.0791. The van der Waals surface area contributed by atoms with Crippen LogP contribution in [0.5, 0.6) is 46.0 Å². The minimum Gasteiger partial charge on any atom is -0.508 e. The summed E-state index contributed by atoms with van der Waals surface area (Å²) in [5, 5.41) is 23.6. The van der Waals surface area contributed by atoms with Crippen LogP contribution in [0.25, 0.3) is 21.5 Å². The summed E-state index contributed by atoms with van der Waals surface area (Å²) in [5.41, 5.74) is 4.76. The number of ether oxygens (including phenoxy) is 3. The molecular weight excluding hydrogens is 584 g/mol.